The van der Waals surface area contributed by atoms with Crippen molar-refractivity contribution >= 4 is 22.9 Å². The SMILES string of the molecule is CC(=O)C/C=C/c1c[nH]c2ncnc(OCc3cccc(F)c3)c12. The van der Waals surface area contributed by atoms with Gasteiger partial charge in [-0.05, 0) is 24.6 Å². The van der Waals surface area contributed by atoms with Crippen LogP contribution < -0.4 is 4.74 Å². The van der Waals surface area contributed by atoms with Crippen LogP contribution in [0.1, 0.15) is 24.5 Å². The van der Waals surface area contributed by atoms with E-state index in [-0.39, 0.29) is 18.2 Å². The fourth-order valence-corrected chi connectivity index (χ4v) is 2.33. The summed E-state index contributed by atoms with van der Waals surface area (Å²) < 4.78 is 19.0. The Balaban J connectivity index is 1.86. The van der Waals surface area contributed by atoms with E-state index in [2.05, 4.69) is 15.0 Å². The number of halogens is 1. The van der Waals surface area contributed by atoms with Crippen LogP contribution in [0.2, 0.25) is 0 Å². The first-order chi connectivity index (χ1) is 11.6. The van der Waals surface area contributed by atoms with Gasteiger partial charge in [-0.3, -0.25) is 4.79 Å². The highest BCUT2D eigenvalue weighted by molar-refractivity contribution is 5.90. The van der Waals surface area contributed by atoms with Crippen LogP contribution >= 0.6 is 0 Å². The van der Waals surface area contributed by atoms with E-state index in [9.17, 15) is 9.18 Å². The predicted molar refractivity (Wildman–Crippen MR) is 89.0 cm³/mol. The summed E-state index contributed by atoms with van der Waals surface area (Å²) in [5.74, 6) is 0.191. The van der Waals surface area contributed by atoms with Crippen molar-refractivity contribution in [3.63, 3.8) is 0 Å². The number of nitrogens with one attached hydrogen (secondary N) is 1. The number of nitrogens with zero attached hydrogens (tertiary/aromatic N) is 2. The second kappa shape index (κ2) is 7.04. The van der Waals surface area contributed by atoms with Crippen molar-refractivity contribution < 1.29 is 13.9 Å². The van der Waals surface area contributed by atoms with Gasteiger partial charge in [-0.25, -0.2) is 14.4 Å². The Morgan fingerprint density at radius 2 is 2.25 bits per heavy atom. The van der Waals surface area contributed by atoms with Crippen molar-refractivity contribution in [1.82, 2.24) is 15.0 Å². The molecule has 0 saturated heterocycles. The van der Waals surface area contributed by atoms with Crippen LogP contribution in [0.15, 0.2) is 42.9 Å². The Morgan fingerprint density at radius 3 is 3.04 bits per heavy atom. The van der Waals surface area contributed by atoms with Crippen molar-refractivity contribution in [1.29, 1.82) is 0 Å². The molecule has 2 aromatic heterocycles. The number of H-pyrrole nitrogens is 1. The first kappa shape index (κ1) is 15.9. The Bertz CT molecular complexity index is 902. The number of hydrogen-bond acceptors (Lipinski definition) is 4. The molecule has 3 aromatic rings. The summed E-state index contributed by atoms with van der Waals surface area (Å²) in [6.07, 6.45) is 7.17. The van der Waals surface area contributed by atoms with Crippen molar-refractivity contribution in [2.24, 2.45) is 0 Å². The first-order valence-corrected chi connectivity index (χ1v) is 7.49. The molecule has 0 atom stereocenters. The van der Waals surface area contributed by atoms with Gasteiger partial charge < -0.3 is 9.72 Å². The third kappa shape index (κ3) is 3.65. The Kier molecular flexibility index (Phi) is 4.65. The van der Waals surface area contributed by atoms with Gasteiger partial charge in [0.05, 0.1) is 5.39 Å². The molecule has 0 spiro atoms. The molecule has 0 fully saturated rings. The molecule has 24 heavy (non-hydrogen) atoms. The smallest absolute Gasteiger partial charge is 0.227 e. The number of ether oxygens (including phenoxy) is 1. The maximum Gasteiger partial charge on any atom is 0.227 e. The van der Waals surface area contributed by atoms with Crippen LogP contribution in [0, 0.1) is 5.82 Å². The van der Waals surface area contributed by atoms with Gasteiger partial charge in [0.2, 0.25) is 5.88 Å². The highest BCUT2D eigenvalue weighted by atomic mass is 19.1. The predicted octanol–water partition coefficient (Wildman–Crippen LogP) is 3.67. The zero-order valence-electron chi connectivity index (χ0n) is 13.1. The molecule has 0 radical (unpaired) electrons. The second-order valence-corrected chi connectivity index (χ2v) is 5.37. The molecular weight excluding hydrogens is 309 g/mol. The standard InChI is InChI=1S/C18H16FN3O2/c1-12(23)4-2-6-14-9-20-17-16(14)18(22-11-21-17)24-10-13-5-3-7-15(19)8-13/h2-3,5-9,11H,4,10H2,1H3,(H,20,21,22)/b6-2+. The molecular formula is C18H16FN3O2. The van der Waals surface area contributed by atoms with Crippen LogP contribution in [0.5, 0.6) is 5.88 Å². The average Bonchev–Trinajstić information content (AvgIpc) is 2.97. The van der Waals surface area contributed by atoms with Gasteiger partial charge in [0, 0.05) is 18.2 Å². The molecule has 0 bridgehead atoms. The van der Waals surface area contributed by atoms with E-state index < -0.39 is 0 Å². The van der Waals surface area contributed by atoms with Crippen LogP contribution in [-0.2, 0) is 11.4 Å². The van der Waals surface area contributed by atoms with Gasteiger partial charge in [0.1, 0.15) is 30.2 Å². The van der Waals surface area contributed by atoms with E-state index in [1.165, 1.54) is 25.4 Å². The molecule has 0 aliphatic heterocycles. The maximum atomic E-state index is 13.2. The van der Waals surface area contributed by atoms with Crippen molar-refractivity contribution in [2.45, 2.75) is 20.0 Å². The molecule has 0 saturated carbocycles. The highest BCUT2D eigenvalue weighted by Crippen LogP contribution is 2.27. The van der Waals surface area contributed by atoms with Crippen LogP contribution in [0.3, 0.4) is 0 Å². The molecule has 0 aliphatic carbocycles. The second-order valence-electron chi connectivity index (χ2n) is 5.37. The summed E-state index contributed by atoms with van der Waals surface area (Å²) in [7, 11) is 0. The lowest BCUT2D eigenvalue weighted by molar-refractivity contribution is -0.116. The van der Waals surface area contributed by atoms with E-state index in [4.69, 9.17) is 4.74 Å². The summed E-state index contributed by atoms with van der Waals surface area (Å²) in [4.78, 5) is 22.4. The van der Waals surface area contributed by atoms with E-state index in [0.717, 1.165) is 10.9 Å². The summed E-state index contributed by atoms with van der Waals surface area (Å²) in [5.41, 5.74) is 2.19. The molecule has 0 amide bonds. The minimum atomic E-state index is -0.307. The summed E-state index contributed by atoms with van der Waals surface area (Å²) >= 11 is 0. The summed E-state index contributed by atoms with van der Waals surface area (Å²) in [6.45, 7) is 1.74. The van der Waals surface area contributed by atoms with Crippen LogP contribution in [0.4, 0.5) is 4.39 Å². The zero-order chi connectivity index (χ0) is 16.9. The Labute approximate surface area is 138 Å². The fourth-order valence-electron chi connectivity index (χ4n) is 2.33. The van der Waals surface area contributed by atoms with Crippen molar-refractivity contribution in [3.8, 4) is 5.88 Å². The number of carbonyl (C=O) groups excluding carboxylic acids is 1. The van der Waals surface area contributed by atoms with E-state index in [1.807, 2.05) is 6.08 Å². The lowest BCUT2D eigenvalue weighted by Gasteiger charge is -2.07. The number of aromatic nitrogens is 3. The normalized spacial score (nSPS) is 11.2. The van der Waals surface area contributed by atoms with Gasteiger partial charge in [-0.1, -0.05) is 24.3 Å². The number of hydrogen-bond donors (Lipinski definition) is 1. The molecule has 1 N–H and O–H groups in total. The molecule has 3 rings (SSSR count). The number of allylic oxidation sites excluding steroid dienone is 1. The van der Waals surface area contributed by atoms with Gasteiger partial charge in [-0.15, -0.1) is 0 Å². The number of aromatic amines is 1. The van der Waals surface area contributed by atoms with E-state index in [1.54, 1.807) is 24.4 Å². The largest absolute Gasteiger partial charge is 0.472 e. The van der Waals surface area contributed by atoms with Crippen LogP contribution in [-0.4, -0.2) is 20.7 Å². The lowest BCUT2D eigenvalue weighted by atomic mass is 10.2. The average molecular weight is 325 g/mol. The van der Waals surface area contributed by atoms with Gasteiger partial charge in [0.15, 0.2) is 0 Å². The molecule has 122 valence electrons. The highest BCUT2D eigenvalue weighted by Gasteiger charge is 2.11. The van der Waals surface area contributed by atoms with Crippen molar-refractivity contribution in [2.75, 3.05) is 0 Å². The molecule has 1 aromatic carbocycles. The monoisotopic (exact) mass is 325 g/mol. The number of carbonyl (C=O) groups is 1. The molecule has 2 heterocycles. The maximum absolute atomic E-state index is 13.2. The third-order valence-electron chi connectivity index (χ3n) is 3.43. The van der Waals surface area contributed by atoms with Gasteiger partial charge in [0.25, 0.3) is 0 Å². The van der Waals surface area contributed by atoms with E-state index in [0.29, 0.717) is 23.5 Å². The Hall–Kier alpha value is -3.02. The van der Waals surface area contributed by atoms with Gasteiger partial charge >= 0.3 is 0 Å². The number of fused-ring (bicyclic) bond motifs is 1. The van der Waals surface area contributed by atoms with Gasteiger partial charge in [-0.2, -0.15) is 0 Å². The molecule has 6 heteroatoms. The minimum Gasteiger partial charge on any atom is -0.472 e. The molecule has 5 nitrogen and oxygen atoms in total. The number of rotatable bonds is 6. The quantitative estimate of drug-likeness (QED) is 0.751. The van der Waals surface area contributed by atoms with Crippen LogP contribution in [0.25, 0.3) is 17.1 Å². The third-order valence-corrected chi connectivity index (χ3v) is 3.43. The summed E-state index contributed by atoms with van der Waals surface area (Å²) in [6, 6.07) is 6.22. The number of benzene rings is 1. The van der Waals surface area contributed by atoms with E-state index >= 15 is 0 Å². The first-order valence-electron chi connectivity index (χ1n) is 7.49. The summed E-state index contributed by atoms with van der Waals surface area (Å²) in [5, 5.41) is 0.730. The number of ketones is 1. The van der Waals surface area contributed by atoms with Crippen molar-refractivity contribution in [3.05, 3.63) is 59.8 Å². The molecule has 0 unspecified atom stereocenters. The fraction of sp³-hybridized carbons (Fsp3) is 0.167. The number of Topliss-reactive ketones (excluding diaryl/α,β-unsaturated/α-hetero) is 1. The zero-order valence-corrected chi connectivity index (χ0v) is 13.1. The Morgan fingerprint density at radius 1 is 1.38 bits per heavy atom. The minimum absolute atomic E-state index is 0.0879. The topological polar surface area (TPSA) is 67.9 Å². The molecule has 0 aliphatic rings. The lowest BCUT2D eigenvalue weighted by Crippen LogP contribution is -1.99.